The van der Waals surface area contributed by atoms with Gasteiger partial charge in [0.2, 0.25) is 0 Å². The first-order valence-electron chi connectivity index (χ1n) is 8.07. The summed E-state index contributed by atoms with van der Waals surface area (Å²) in [7, 11) is 0. The van der Waals surface area contributed by atoms with Crippen molar-refractivity contribution in [3.63, 3.8) is 0 Å². The van der Waals surface area contributed by atoms with Crippen LogP contribution in [0, 0.1) is 0 Å². The molecular formula is C16H23N3O2. The number of nitrogens with one attached hydrogen (secondary N) is 1. The number of aromatic nitrogens is 1. The Balaban J connectivity index is 1.48. The molecule has 4 rings (SSSR count). The van der Waals surface area contributed by atoms with Gasteiger partial charge in [0.05, 0.1) is 13.2 Å². The number of nitrogens with zero attached hydrogens (tertiary/aromatic N) is 2. The molecule has 0 atom stereocenters. The van der Waals surface area contributed by atoms with Gasteiger partial charge in [-0.2, -0.15) is 0 Å². The van der Waals surface area contributed by atoms with E-state index in [0.717, 1.165) is 70.9 Å². The summed E-state index contributed by atoms with van der Waals surface area (Å²) in [6.45, 7) is 5.51. The fourth-order valence-corrected chi connectivity index (χ4v) is 3.56. The maximum Gasteiger partial charge on any atom is 0.171 e. The molecule has 0 amide bonds. The van der Waals surface area contributed by atoms with E-state index in [0.29, 0.717) is 0 Å². The zero-order chi connectivity index (χ0) is 14.1. The molecule has 1 N–H and O–H groups in total. The molecule has 0 saturated carbocycles. The second-order valence-corrected chi connectivity index (χ2v) is 6.12. The Morgan fingerprint density at radius 3 is 2.62 bits per heavy atom. The van der Waals surface area contributed by atoms with Crippen molar-refractivity contribution in [2.45, 2.75) is 31.5 Å². The number of fused-ring (bicyclic) bond motifs is 1. The van der Waals surface area contributed by atoms with Gasteiger partial charge in [-0.15, -0.1) is 0 Å². The summed E-state index contributed by atoms with van der Waals surface area (Å²) in [5.74, 6) is 0.815. The van der Waals surface area contributed by atoms with Crippen molar-refractivity contribution >= 4 is 5.82 Å². The van der Waals surface area contributed by atoms with E-state index in [1.54, 1.807) is 0 Å². The number of rotatable bonds is 1. The molecule has 4 heterocycles. The van der Waals surface area contributed by atoms with Crippen molar-refractivity contribution in [1.82, 2.24) is 10.3 Å². The summed E-state index contributed by atoms with van der Waals surface area (Å²) in [5, 5.41) is 3.44. The fraction of sp³-hybridized carbons (Fsp3) is 0.688. The quantitative estimate of drug-likeness (QED) is 0.839. The lowest BCUT2D eigenvalue weighted by atomic mass is 10.0. The van der Waals surface area contributed by atoms with Gasteiger partial charge in [-0.1, -0.05) is 6.07 Å². The van der Waals surface area contributed by atoms with Gasteiger partial charge in [-0.3, -0.25) is 0 Å². The Bertz CT molecular complexity index is 504. The fourth-order valence-electron chi connectivity index (χ4n) is 3.56. The molecule has 0 aromatic carbocycles. The van der Waals surface area contributed by atoms with E-state index in [9.17, 15) is 0 Å². The third-order valence-corrected chi connectivity index (χ3v) is 4.83. The molecule has 0 unspecified atom stereocenters. The highest BCUT2D eigenvalue weighted by Gasteiger charge is 2.40. The SMILES string of the molecule is c1cc2c(nc1N1CCC3(CC1)OCCO3)CCNCC2. The summed E-state index contributed by atoms with van der Waals surface area (Å²) in [5.41, 5.74) is 2.67. The van der Waals surface area contributed by atoms with Crippen LogP contribution in [0.5, 0.6) is 0 Å². The minimum atomic E-state index is -0.299. The van der Waals surface area contributed by atoms with Crippen LogP contribution in [-0.4, -0.2) is 50.2 Å². The van der Waals surface area contributed by atoms with Crippen LogP contribution >= 0.6 is 0 Å². The highest BCUT2D eigenvalue weighted by atomic mass is 16.7. The predicted octanol–water partition coefficient (Wildman–Crippen LogP) is 1.11. The largest absolute Gasteiger partial charge is 0.356 e. The van der Waals surface area contributed by atoms with Crippen molar-refractivity contribution in [2.75, 3.05) is 44.3 Å². The first-order chi connectivity index (χ1) is 10.3. The Hall–Kier alpha value is -1.17. The molecule has 3 aliphatic heterocycles. The third-order valence-electron chi connectivity index (χ3n) is 4.83. The van der Waals surface area contributed by atoms with Crippen LogP contribution in [0.1, 0.15) is 24.1 Å². The van der Waals surface area contributed by atoms with Crippen molar-refractivity contribution in [2.24, 2.45) is 0 Å². The average Bonchev–Trinajstić information content (AvgIpc) is 2.84. The van der Waals surface area contributed by atoms with Gasteiger partial charge in [0.25, 0.3) is 0 Å². The number of ether oxygens (including phenoxy) is 2. The Labute approximate surface area is 125 Å². The lowest BCUT2D eigenvalue weighted by molar-refractivity contribution is -0.169. The van der Waals surface area contributed by atoms with E-state index in [-0.39, 0.29) is 5.79 Å². The predicted molar refractivity (Wildman–Crippen MR) is 80.6 cm³/mol. The van der Waals surface area contributed by atoms with E-state index < -0.39 is 0 Å². The van der Waals surface area contributed by atoms with Gasteiger partial charge in [-0.25, -0.2) is 4.98 Å². The number of anilines is 1. The number of piperidine rings is 1. The minimum Gasteiger partial charge on any atom is -0.356 e. The highest BCUT2D eigenvalue weighted by Crippen LogP contribution is 2.33. The topological polar surface area (TPSA) is 46.6 Å². The first kappa shape index (κ1) is 13.5. The summed E-state index contributed by atoms with van der Waals surface area (Å²) in [4.78, 5) is 7.29. The van der Waals surface area contributed by atoms with E-state index in [1.165, 1.54) is 11.3 Å². The molecule has 0 radical (unpaired) electrons. The molecule has 2 saturated heterocycles. The number of hydrogen-bond donors (Lipinski definition) is 1. The van der Waals surface area contributed by atoms with Crippen molar-refractivity contribution in [3.05, 3.63) is 23.4 Å². The molecule has 5 nitrogen and oxygen atoms in total. The lowest BCUT2D eigenvalue weighted by Crippen LogP contribution is -2.45. The Morgan fingerprint density at radius 2 is 1.81 bits per heavy atom. The smallest absolute Gasteiger partial charge is 0.171 e. The minimum absolute atomic E-state index is 0.299. The first-order valence-corrected chi connectivity index (χ1v) is 8.07. The maximum atomic E-state index is 5.80. The molecule has 2 fully saturated rings. The summed E-state index contributed by atoms with van der Waals surface area (Å²) in [6.07, 6.45) is 4.00. The van der Waals surface area contributed by atoms with E-state index in [2.05, 4.69) is 22.3 Å². The second-order valence-electron chi connectivity index (χ2n) is 6.12. The van der Waals surface area contributed by atoms with Crippen LogP contribution in [0.2, 0.25) is 0 Å². The molecule has 21 heavy (non-hydrogen) atoms. The van der Waals surface area contributed by atoms with Crippen molar-refractivity contribution in [1.29, 1.82) is 0 Å². The molecule has 3 aliphatic rings. The summed E-state index contributed by atoms with van der Waals surface area (Å²) >= 11 is 0. The molecule has 5 heteroatoms. The van der Waals surface area contributed by atoms with Crippen LogP contribution in [0.4, 0.5) is 5.82 Å². The zero-order valence-corrected chi connectivity index (χ0v) is 12.4. The lowest BCUT2D eigenvalue weighted by Gasteiger charge is -2.38. The van der Waals surface area contributed by atoms with Crippen LogP contribution in [0.3, 0.4) is 0 Å². The van der Waals surface area contributed by atoms with Crippen molar-refractivity contribution < 1.29 is 9.47 Å². The Morgan fingerprint density at radius 1 is 1.05 bits per heavy atom. The molecule has 1 aromatic heterocycles. The van der Waals surface area contributed by atoms with Crippen molar-refractivity contribution in [3.8, 4) is 0 Å². The molecule has 0 bridgehead atoms. The van der Waals surface area contributed by atoms with Gasteiger partial charge in [-0.05, 0) is 24.6 Å². The average molecular weight is 289 g/mol. The van der Waals surface area contributed by atoms with Crippen LogP contribution in [-0.2, 0) is 22.3 Å². The van der Waals surface area contributed by atoms with Gasteiger partial charge < -0.3 is 19.7 Å². The molecular weight excluding hydrogens is 266 g/mol. The zero-order valence-electron chi connectivity index (χ0n) is 12.4. The maximum absolute atomic E-state index is 5.80. The van der Waals surface area contributed by atoms with Crippen LogP contribution in [0.15, 0.2) is 12.1 Å². The summed E-state index contributed by atoms with van der Waals surface area (Å²) in [6, 6.07) is 4.44. The van der Waals surface area contributed by atoms with Gasteiger partial charge >= 0.3 is 0 Å². The van der Waals surface area contributed by atoms with Gasteiger partial charge in [0.15, 0.2) is 5.79 Å². The molecule has 1 aromatic rings. The van der Waals surface area contributed by atoms with Crippen LogP contribution < -0.4 is 10.2 Å². The molecule has 0 aliphatic carbocycles. The van der Waals surface area contributed by atoms with Gasteiger partial charge in [0, 0.05) is 44.6 Å². The monoisotopic (exact) mass is 289 g/mol. The standard InChI is InChI=1S/C16H23N3O2/c1-2-15(18-14-4-8-17-7-3-13(1)14)19-9-5-16(6-10-19)20-11-12-21-16/h1-2,17H,3-12H2. The van der Waals surface area contributed by atoms with E-state index >= 15 is 0 Å². The molecule has 1 spiro atoms. The highest BCUT2D eigenvalue weighted by molar-refractivity contribution is 5.43. The van der Waals surface area contributed by atoms with E-state index in [1.807, 2.05) is 0 Å². The van der Waals surface area contributed by atoms with E-state index in [4.69, 9.17) is 14.5 Å². The number of hydrogen-bond acceptors (Lipinski definition) is 5. The molecule has 114 valence electrons. The second kappa shape index (κ2) is 5.55. The third kappa shape index (κ3) is 2.65. The number of pyridine rings is 1. The Kier molecular flexibility index (Phi) is 3.57. The van der Waals surface area contributed by atoms with Crippen LogP contribution in [0.25, 0.3) is 0 Å². The normalized spacial score (nSPS) is 24.9. The van der Waals surface area contributed by atoms with Gasteiger partial charge in [0.1, 0.15) is 5.82 Å². The summed E-state index contributed by atoms with van der Waals surface area (Å²) < 4.78 is 11.6.